The van der Waals surface area contributed by atoms with E-state index in [0.29, 0.717) is 27.2 Å². The fourth-order valence-corrected chi connectivity index (χ4v) is 3.74. The Morgan fingerprint density at radius 3 is 2.16 bits per heavy atom. The summed E-state index contributed by atoms with van der Waals surface area (Å²) in [5, 5.41) is 32.7. The molecule has 8 nitrogen and oxygen atoms in total. The molecule has 0 heterocycles. The number of carboxylic acids is 2. The number of nitrogens with one attached hydrogen (secondary N) is 1. The van der Waals surface area contributed by atoms with Crippen LogP contribution in [0.25, 0.3) is 0 Å². The van der Waals surface area contributed by atoms with Crippen molar-refractivity contribution in [3.63, 3.8) is 0 Å². The van der Waals surface area contributed by atoms with Gasteiger partial charge in [-0.3, -0.25) is 0 Å². The molecule has 0 radical (unpaired) electrons. The monoisotopic (exact) mass is 501 g/mol. The minimum atomic E-state index is -1.28. The number of carboxylic acid groups (broad SMARTS) is 2. The van der Waals surface area contributed by atoms with E-state index in [9.17, 15) is 19.8 Å². The van der Waals surface area contributed by atoms with Crippen LogP contribution in [0, 0.1) is 0 Å². The topological polar surface area (TPSA) is 125 Å². The molecule has 1 atom stereocenters. The smallest absolute Gasteiger partial charge is 0.339 e. The van der Waals surface area contributed by atoms with E-state index in [1.807, 2.05) is 0 Å². The van der Waals surface area contributed by atoms with Gasteiger partial charge >= 0.3 is 11.9 Å². The summed E-state index contributed by atoms with van der Waals surface area (Å²) in [6.45, 7) is 0. The Morgan fingerprint density at radius 2 is 1.59 bits per heavy atom. The highest BCUT2D eigenvalue weighted by molar-refractivity contribution is 9.10. The van der Waals surface area contributed by atoms with Crippen molar-refractivity contribution < 1.29 is 34.4 Å². The van der Waals surface area contributed by atoms with E-state index in [1.54, 1.807) is 36.4 Å². The van der Waals surface area contributed by atoms with Gasteiger partial charge in [-0.25, -0.2) is 9.59 Å². The van der Waals surface area contributed by atoms with Gasteiger partial charge in [-0.1, -0.05) is 15.9 Å². The molecule has 0 aliphatic heterocycles. The molecule has 9 heteroatoms. The second kappa shape index (κ2) is 9.61. The van der Waals surface area contributed by atoms with E-state index in [4.69, 9.17) is 14.6 Å². The molecule has 4 N–H and O–H groups in total. The van der Waals surface area contributed by atoms with E-state index in [0.717, 1.165) is 0 Å². The predicted octanol–water partition coefficient (Wildman–Crippen LogP) is 4.77. The number of anilines is 1. The summed E-state index contributed by atoms with van der Waals surface area (Å²) in [5.41, 5.74) is 1.22. The lowest BCUT2D eigenvalue weighted by Gasteiger charge is -2.25. The summed E-state index contributed by atoms with van der Waals surface area (Å²) in [7, 11) is 3.01. The zero-order chi connectivity index (χ0) is 23.4. The van der Waals surface area contributed by atoms with E-state index >= 15 is 0 Å². The Kier molecular flexibility index (Phi) is 6.89. The van der Waals surface area contributed by atoms with Crippen molar-refractivity contribution in [3.8, 4) is 17.2 Å². The van der Waals surface area contributed by atoms with Crippen LogP contribution < -0.4 is 14.8 Å². The summed E-state index contributed by atoms with van der Waals surface area (Å²) < 4.78 is 11.3. The number of phenols is 1. The third-order valence-electron chi connectivity index (χ3n) is 4.84. The van der Waals surface area contributed by atoms with E-state index in [-0.39, 0.29) is 16.7 Å². The van der Waals surface area contributed by atoms with Gasteiger partial charge in [0.05, 0.1) is 25.8 Å². The molecule has 0 aliphatic carbocycles. The quantitative estimate of drug-likeness (QED) is 0.347. The first-order valence-electron chi connectivity index (χ1n) is 9.32. The van der Waals surface area contributed by atoms with Crippen molar-refractivity contribution in [2.75, 3.05) is 19.5 Å². The Labute approximate surface area is 192 Å². The zero-order valence-corrected chi connectivity index (χ0v) is 18.7. The molecule has 166 valence electrons. The first-order valence-corrected chi connectivity index (χ1v) is 10.1. The highest BCUT2D eigenvalue weighted by Gasteiger charge is 2.26. The normalized spacial score (nSPS) is 11.5. The number of methoxy groups -OCH3 is 2. The van der Waals surface area contributed by atoms with Crippen molar-refractivity contribution in [2.45, 2.75) is 6.04 Å². The molecule has 3 rings (SSSR count). The Bertz CT molecular complexity index is 1160. The number of aromatic hydroxyl groups is 1. The van der Waals surface area contributed by atoms with Crippen molar-refractivity contribution in [2.24, 2.45) is 0 Å². The molecule has 0 aromatic heterocycles. The summed E-state index contributed by atoms with van der Waals surface area (Å²) >= 11 is 3.31. The molecule has 3 aromatic rings. The number of aromatic carboxylic acids is 2. The van der Waals surface area contributed by atoms with Crippen molar-refractivity contribution >= 4 is 33.6 Å². The Hall–Kier alpha value is -3.72. The molecule has 0 fully saturated rings. The first-order chi connectivity index (χ1) is 15.2. The van der Waals surface area contributed by atoms with Crippen LogP contribution in [0.4, 0.5) is 5.69 Å². The first kappa shape index (κ1) is 23.0. The molecular weight excluding hydrogens is 482 g/mol. The van der Waals surface area contributed by atoms with Crippen LogP contribution in [0.5, 0.6) is 17.2 Å². The lowest BCUT2D eigenvalue weighted by molar-refractivity contribution is 0.0684. The molecule has 0 saturated heterocycles. The minimum Gasteiger partial charge on any atom is -0.507 e. The SMILES string of the molecule is COc1ccc(OC)c(C(Nc2ccc(C(=O)O)cc2)c2cc(Br)cc(C(=O)O)c2O)c1. The molecule has 32 heavy (non-hydrogen) atoms. The van der Waals surface area contributed by atoms with Gasteiger partial charge in [0.15, 0.2) is 0 Å². The number of carbonyl (C=O) groups is 2. The second-order valence-corrected chi connectivity index (χ2v) is 7.68. The van der Waals surface area contributed by atoms with Crippen LogP contribution in [0.3, 0.4) is 0 Å². The minimum absolute atomic E-state index is 0.115. The van der Waals surface area contributed by atoms with Crippen LogP contribution in [0.2, 0.25) is 0 Å². The third-order valence-corrected chi connectivity index (χ3v) is 5.29. The number of halogens is 1. The van der Waals surface area contributed by atoms with Crippen molar-refractivity contribution in [3.05, 3.63) is 81.3 Å². The van der Waals surface area contributed by atoms with Gasteiger partial charge in [-0.05, 0) is 54.6 Å². The fourth-order valence-electron chi connectivity index (χ4n) is 3.27. The van der Waals surface area contributed by atoms with E-state index < -0.39 is 23.7 Å². The predicted molar refractivity (Wildman–Crippen MR) is 121 cm³/mol. The van der Waals surface area contributed by atoms with Crippen LogP contribution in [0.15, 0.2) is 59.1 Å². The number of benzene rings is 3. The van der Waals surface area contributed by atoms with Gasteiger partial charge in [0.2, 0.25) is 0 Å². The van der Waals surface area contributed by atoms with E-state index in [2.05, 4.69) is 21.2 Å². The lowest BCUT2D eigenvalue weighted by Crippen LogP contribution is -2.15. The van der Waals surface area contributed by atoms with Gasteiger partial charge in [-0.15, -0.1) is 0 Å². The Balaban J connectivity index is 2.21. The second-order valence-electron chi connectivity index (χ2n) is 6.76. The van der Waals surface area contributed by atoms with Crippen molar-refractivity contribution in [1.29, 1.82) is 0 Å². The average molecular weight is 502 g/mol. The maximum Gasteiger partial charge on any atom is 0.339 e. The van der Waals surface area contributed by atoms with Crippen LogP contribution >= 0.6 is 15.9 Å². The summed E-state index contributed by atoms with van der Waals surface area (Å²) in [4.78, 5) is 22.8. The lowest BCUT2D eigenvalue weighted by atomic mass is 9.94. The number of rotatable bonds is 8. The largest absolute Gasteiger partial charge is 0.507 e. The molecular formula is C23H20BrNO7. The summed E-state index contributed by atoms with van der Waals surface area (Å²) in [6.07, 6.45) is 0. The van der Waals surface area contributed by atoms with Crippen LogP contribution in [0.1, 0.15) is 37.9 Å². The molecule has 1 unspecified atom stereocenters. The molecule has 0 amide bonds. The van der Waals surface area contributed by atoms with Gasteiger partial charge < -0.3 is 30.1 Å². The number of hydrogen-bond acceptors (Lipinski definition) is 6. The van der Waals surface area contributed by atoms with Gasteiger partial charge in [0.25, 0.3) is 0 Å². The summed E-state index contributed by atoms with van der Waals surface area (Å²) in [5.74, 6) is -1.75. The summed E-state index contributed by atoms with van der Waals surface area (Å²) in [6, 6.07) is 13.3. The maximum atomic E-state index is 11.7. The Morgan fingerprint density at radius 1 is 0.906 bits per heavy atom. The van der Waals surface area contributed by atoms with Gasteiger partial charge in [0, 0.05) is 21.3 Å². The molecule has 0 bridgehead atoms. The highest BCUT2D eigenvalue weighted by atomic mass is 79.9. The van der Waals surface area contributed by atoms with Crippen molar-refractivity contribution in [1.82, 2.24) is 0 Å². The standard InChI is InChI=1S/C23H20BrNO7/c1-31-15-7-8-19(32-2)16(11-15)20(25-14-5-3-12(4-6-14)22(27)28)17-9-13(24)10-18(21(17)26)23(29)30/h3-11,20,25-26H,1-2H3,(H,27,28)(H,29,30). The molecule has 0 spiro atoms. The van der Waals surface area contributed by atoms with Gasteiger partial charge in [-0.2, -0.15) is 0 Å². The molecule has 0 aliphatic rings. The molecule has 0 saturated carbocycles. The van der Waals surface area contributed by atoms with E-state index in [1.165, 1.54) is 32.4 Å². The number of hydrogen-bond donors (Lipinski definition) is 4. The van der Waals surface area contributed by atoms with Crippen LogP contribution in [-0.4, -0.2) is 41.5 Å². The zero-order valence-electron chi connectivity index (χ0n) is 17.1. The third kappa shape index (κ3) is 4.78. The maximum absolute atomic E-state index is 11.7. The average Bonchev–Trinajstić information content (AvgIpc) is 2.78. The van der Waals surface area contributed by atoms with Crippen LogP contribution in [-0.2, 0) is 0 Å². The fraction of sp³-hybridized carbons (Fsp3) is 0.130. The van der Waals surface area contributed by atoms with Gasteiger partial charge in [0.1, 0.15) is 22.8 Å². The highest BCUT2D eigenvalue weighted by Crippen LogP contribution is 2.41. The number of ether oxygens (including phenoxy) is 2. The molecule has 3 aromatic carbocycles.